The van der Waals surface area contributed by atoms with Crippen LogP contribution in [0.1, 0.15) is 27.7 Å². The number of rotatable bonds is 5. The van der Waals surface area contributed by atoms with E-state index in [2.05, 4.69) is 6.92 Å². The molecule has 96 valence electrons. The molecule has 0 radical (unpaired) electrons. The summed E-state index contributed by atoms with van der Waals surface area (Å²) in [7, 11) is 1.67. The number of hydrogen-bond donors (Lipinski definition) is 1. The molecule has 1 saturated heterocycles. The zero-order valence-electron chi connectivity index (χ0n) is 10.9. The van der Waals surface area contributed by atoms with Crippen LogP contribution in [0, 0.1) is 11.8 Å². The Hall–Kier alpha value is -0.160. The highest BCUT2D eigenvalue weighted by atomic mass is 16.7. The van der Waals surface area contributed by atoms with Gasteiger partial charge in [0.1, 0.15) is 0 Å². The van der Waals surface area contributed by atoms with E-state index >= 15 is 0 Å². The molecule has 0 saturated carbocycles. The van der Waals surface area contributed by atoms with Gasteiger partial charge < -0.3 is 19.3 Å². The molecule has 0 aromatic rings. The molecule has 1 aliphatic heterocycles. The van der Waals surface area contributed by atoms with E-state index in [9.17, 15) is 5.11 Å². The summed E-state index contributed by atoms with van der Waals surface area (Å²) in [4.78, 5) is 0. The minimum Gasteiger partial charge on any atom is -0.396 e. The van der Waals surface area contributed by atoms with Crippen molar-refractivity contribution in [3.05, 3.63) is 0 Å². The van der Waals surface area contributed by atoms with Gasteiger partial charge >= 0.3 is 0 Å². The van der Waals surface area contributed by atoms with Crippen molar-refractivity contribution in [1.29, 1.82) is 0 Å². The van der Waals surface area contributed by atoms with Crippen molar-refractivity contribution >= 4 is 0 Å². The molecule has 1 N–H and O–H groups in total. The fourth-order valence-corrected chi connectivity index (χ4v) is 2.26. The van der Waals surface area contributed by atoms with Crippen LogP contribution in [0.4, 0.5) is 0 Å². The zero-order chi connectivity index (χ0) is 12.3. The van der Waals surface area contributed by atoms with Gasteiger partial charge in [-0.3, -0.25) is 0 Å². The molecule has 0 aromatic carbocycles. The molecule has 1 aliphatic rings. The molecule has 0 spiro atoms. The van der Waals surface area contributed by atoms with Gasteiger partial charge in [-0.25, -0.2) is 0 Å². The Morgan fingerprint density at radius 1 is 1.44 bits per heavy atom. The fraction of sp³-hybridized carbons (Fsp3) is 1.00. The summed E-state index contributed by atoms with van der Waals surface area (Å²) < 4.78 is 16.8. The van der Waals surface area contributed by atoms with E-state index in [0.29, 0.717) is 6.61 Å². The van der Waals surface area contributed by atoms with Crippen LogP contribution in [-0.4, -0.2) is 43.4 Å². The topological polar surface area (TPSA) is 47.9 Å². The molecule has 0 aromatic heterocycles. The lowest BCUT2D eigenvalue weighted by molar-refractivity contribution is -0.152. The van der Waals surface area contributed by atoms with Crippen LogP contribution in [0.2, 0.25) is 0 Å². The molecular formula is C12H24O4. The van der Waals surface area contributed by atoms with E-state index < -0.39 is 5.79 Å². The fourth-order valence-electron chi connectivity index (χ4n) is 2.26. The molecule has 4 nitrogen and oxygen atoms in total. The standard InChI is InChI=1S/C12H24O4/c1-8(6-13)11(14-5)9(2)10-7-15-12(3,4)16-10/h8-11,13H,6-7H2,1-5H3/t8-,9-,10+,11+/m0/s1. The predicted octanol–water partition coefficient (Wildman–Crippen LogP) is 1.42. The van der Waals surface area contributed by atoms with Crippen molar-refractivity contribution in [3.63, 3.8) is 0 Å². The van der Waals surface area contributed by atoms with Crippen molar-refractivity contribution in [2.75, 3.05) is 20.3 Å². The lowest BCUT2D eigenvalue weighted by Gasteiger charge is -2.30. The molecule has 4 heteroatoms. The minimum atomic E-state index is -0.500. The van der Waals surface area contributed by atoms with Crippen LogP contribution in [0.25, 0.3) is 0 Å². The van der Waals surface area contributed by atoms with Crippen LogP contribution in [0.15, 0.2) is 0 Å². The second-order valence-electron chi connectivity index (χ2n) is 5.09. The number of aliphatic hydroxyl groups excluding tert-OH is 1. The van der Waals surface area contributed by atoms with Crippen LogP contribution < -0.4 is 0 Å². The van der Waals surface area contributed by atoms with Crippen molar-refractivity contribution < 1.29 is 19.3 Å². The molecule has 1 fully saturated rings. The average Bonchev–Trinajstić information content (AvgIpc) is 2.59. The molecule has 0 aliphatic carbocycles. The minimum absolute atomic E-state index is 0.00694. The highest BCUT2D eigenvalue weighted by Gasteiger charge is 2.39. The summed E-state index contributed by atoms with van der Waals surface area (Å²) in [6.07, 6.45) is 0.0291. The van der Waals surface area contributed by atoms with Gasteiger partial charge in [-0.2, -0.15) is 0 Å². The molecule has 16 heavy (non-hydrogen) atoms. The summed E-state index contributed by atoms with van der Waals surface area (Å²) in [5.41, 5.74) is 0. The van der Waals surface area contributed by atoms with Crippen molar-refractivity contribution in [3.8, 4) is 0 Å². The van der Waals surface area contributed by atoms with Crippen LogP contribution in [0.5, 0.6) is 0 Å². The summed E-state index contributed by atoms with van der Waals surface area (Å²) in [5, 5.41) is 9.18. The highest BCUT2D eigenvalue weighted by molar-refractivity contribution is 4.82. The largest absolute Gasteiger partial charge is 0.396 e. The van der Waals surface area contributed by atoms with E-state index in [4.69, 9.17) is 14.2 Å². The van der Waals surface area contributed by atoms with Crippen molar-refractivity contribution in [2.24, 2.45) is 11.8 Å². The van der Waals surface area contributed by atoms with E-state index in [1.807, 2.05) is 20.8 Å². The molecule has 1 heterocycles. The first-order valence-electron chi connectivity index (χ1n) is 5.86. The maximum absolute atomic E-state index is 9.18. The van der Waals surface area contributed by atoms with Gasteiger partial charge in [-0.05, 0) is 13.8 Å². The Morgan fingerprint density at radius 3 is 2.44 bits per heavy atom. The normalized spacial score (nSPS) is 30.0. The van der Waals surface area contributed by atoms with Crippen LogP contribution in [-0.2, 0) is 14.2 Å². The van der Waals surface area contributed by atoms with Crippen molar-refractivity contribution in [2.45, 2.75) is 45.7 Å². The van der Waals surface area contributed by atoms with Crippen LogP contribution >= 0.6 is 0 Å². The Morgan fingerprint density at radius 2 is 2.06 bits per heavy atom. The molecule has 0 bridgehead atoms. The van der Waals surface area contributed by atoms with E-state index in [1.165, 1.54) is 0 Å². The van der Waals surface area contributed by atoms with Gasteiger partial charge in [-0.15, -0.1) is 0 Å². The first kappa shape index (κ1) is 13.9. The van der Waals surface area contributed by atoms with Crippen LogP contribution in [0.3, 0.4) is 0 Å². The third-order valence-corrected chi connectivity index (χ3v) is 3.26. The Labute approximate surface area is 97.9 Å². The molecule has 0 amide bonds. The van der Waals surface area contributed by atoms with E-state index in [-0.39, 0.29) is 30.7 Å². The molecule has 4 atom stereocenters. The summed E-state index contributed by atoms with van der Waals surface area (Å²) in [6.45, 7) is 8.60. The highest BCUT2D eigenvalue weighted by Crippen LogP contribution is 2.30. The lowest BCUT2D eigenvalue weighted by Crippen LogP contribution is -2.38. The monoisotopic (exact) mass is 232 g/mol. The maximum Gasteiger partial charge on any atom is 0.163 e. The number of methoxy groups -OCH3 is 1. The van der Waals surface area contributed by atoms with Gasteiger partial charge in [0.25, 0.3) is 0 Å². The van der Waals surface area contributed by atoms with E-state index in [1.54, 1.807) is 7.11 Å². The number of hydrogen-bond acceptors (Lipinski definition) is 4. The Bertz CT molecular complexity index is 217. The third-order valence-electron chi connectivity index (χ3n) is 3.26. The first-order valence-corrected chi connectivity index (χ1v) is 5.86. The average molecular weight is 232 g/mol. The smallest absolute Gasteiger partial charge is 0.163 e. The van der Waals surface area contributed by atoms with Crippen molar-refractivity contribution in [1.82, 2.24) is 0 Å². The van der Waals surface area contributed by atoms with Gasteiger partial charge in [0, 0.05) is 25.6 Å². The number of ether oxygens (including phenoxy) is 3. The third kappa shape index (κ3) is 3.17. The first-order chi connectivity index (χ1) is 7.41. The molecule has 1 rings (SSSR count). The molecular weight excluding hydrogens is 208 g/mol. The SMILES string of the molecule is CO[C@@H]([C@@H](C)[C@H]1COC(C)(C)O1)[C@@H](C)CO. The second kappa shape index (κ2) is 5.45. The van der Waals surface area contributed by atoms with Gasteiger partial charge in [0.15, 0.2) is 5.79 Å². The van der Waals surface area contributed by atoms with Gasteiger partial charge in [0.2, 0.25) is 0 Å². The summed E-state index contributed by atoms with van der Waals surface area (Å²) >= 11 is 0. The molecule has 0 unspecified atom stereocenters. The maximum atomic E-state index is 9.18. The quantitative estimate of drug-likeness (QED) is 0.778. The Kier molecular flexibility index (Phi) is 4.73. The van der Waals surface area contributed by atoms with Gasteiger partial charge in [0.05, 0.1) is 18.8 Å². The lowest BCUT2D eigenvalue weighted by atomic mass is 9.90. The zero-order valence-corrected chi connectivity index (χ0v) is 10.9. The van der Waals surface area contributed by atoms with Gasteiger partial charge in [-0.1, -0.05) is 13.8 Å². The Balaban J connectivity index is 2.59. The van der Waals surface area contributed by atoms with E-state index in [0.717, 1.165) is 0 Å². The summed E-state index contributed by atoms with van der Waals surface area (Å²) in [6, 6.07) is 0. The summed E-state index contributed by atoms with van der Waals surface area (Å²) in [5.74, 6) is -0.194. The predicted molar refractivity (Wildman–Crippen MR) is 61.1 cm³/mol. The second-order valence-corrected chi connectivity index (χ2v) is 5.09. The number of aliphatic hydroxyl groups is 1.